The van der Waals surface area contributed by atoms with Crippen LogP contribution < -0.4 is 15.0 Å². The van der Waals surface area contributed by atoms with Crippen LogP contribution >= 0.6 is 0 Å². The lowest BCUT2D eigenvalue weighted by molar-refractivity contribution is 0.269. The Morgan fingerprint density at radius 1 is 0.909 bits per heavy atom. The van der Waals surface area contributed by atoms with E-state index in [2.05, 4.69) is 4.99 Å². The van der Waals surface area contributed by atoms with Crippen molar-refractivity contribution >= 4 is 11.9 Å². The smallest absolute Gasteiger partial charge is 0.297 e. The van der Waals surface area contributed by atoms with Gasteiger partial charge in [-0.2, -0.15) is 0 Å². The summed E-state index contributed by atoms with van der Waals surface area (Å²) in [4.78, 5) is 17.6. The number of rotatable bonds is 8. The second-order valence-electron chi connectivity index (χ2n) is 7.58. The van der Waals surface area contributed by atoms with Crippen LogP contribution in [0.4, 0.5) is 5.69 Å². The van der Waals surface area contributed by atoms with E-state index < -0.39 is 0 Å². The molecule has 6 heteroatoms. The molecule has 0 atom stereocenters. The molecule has 0 amide bonds. The largest absolute Gasteiger partial charge is 0.490 e. The molecule has 0 spiro atoms. The summed E-state index contributed by atoms with van der Waals surface area (Å²) in [5.41, 5.74) is 3.73. The standard InChI is InChI=1S/C27H27N3O3/c1-4-32-25-17-22(15-16-24(25)33-19-21-11-7-5-8-12-21)18-28-26-20(2)29(3)30(27(26)31)23-13-9-6-10-14-23/h5-18H,4,19H2,1-3H3. The number of hydrogen-bond acceptors (Lipinski definition) is 4. The Labute approximate surface area is 193 Å². The first-order chi connectivity index (χ1) is 16.1. The first kappa shape index (κ1) is 22.1. The number of nitrogens with zero attached hydrogens (tertiary/aromatic N) is 3. The number of aliphatic imine (C=N–C) groups is 1. The Balaban J connectivity index is 1.59. The molecule has 0 fully saturated rings. The number of para-hydroxylation sites is 1. The van der Waals surface area contributed by atoms with Gasteiger partial charge >= 0.3 is 0 Å². The van der Waals surface area contributed by atoms with Crippen LogP contribution in [0.1, 0.15) is 23.7 Å². The van der Waals surface area contributed by atoms with Gasteiger partial charge in [0.25, 0.3) is 5.56 Å². The second-order valence-corrected chi connectivity index (χ2v) is 7.58. The van der Waals surface area contributed by atoms with Crippen molar-refractivity contribution in [2.45, 2.75) is 20.5 Å². The highest BCUT2D eigenvalue weighted by Gasteiger charge is 2.15. The van der Waals surface area contributed by atoms with Crippen molar-refractivity contribution in [1.82, 2.24) is 9.36 Å². The zero-order valence-corrected chi connectivity index (χ0v) is 19.1. The summed E-state index contributed by atoms with van der Waals surface area (Å²) in [7, 11) is 1.86. The van der Waals surface area contributed by atoms with Crippen molar-refractivity contribution in [1.29, 1.82) is 0 Å². The Morgan fingerprint density at radius 3 is 2.30 bits per heavy atom. The number of aromatic nitrogens is 2. The Morgan fingerprint density at radius 2 is 1.61 bits per heavy atom. The molecular formula is C27H27N3O3. The van der Waals surface area contributed by atoms with E-state index in [1.807, 2.05) is 104 Å². The molecule has 0 radical (unpaired) electrons. The maximum absolute atomic E-state index is 13.1. The second kappa shape index (κ2) is 10.0. The number of benzene rings is 3. The van der Waals surface area contributed by atoms with E-state index >= 15 is 0 Å². The SMILES string of the molecule is CCOc1cc(C=Nc2c(C)n(C)n(-c3ccccc3)c2=O)ccc1OCc1ccccc1. The minimum absolute atomic E-state index is 0.162. The van der Waals surface area contributed by atoms with Gasteiger partial charge in [-0.25, -0.2) is 9.67 Å². The van der Waals surface area contributed by atoms with E-state index in [-0.39, 0.29) is 5.56 Å². The van der Waals surface area contributed by atoms with Gasteiger partial charge in [0, 0.05) is 13.3 Å². The van der Waals surface area contributed by atoms with Gasteiger partial charge in [-0.3, -0.25) is 9.48 Å². The third-order valence-electron chi connectivity index (χ3n) is 5.37. The van der Waals surface area contributed by atoms with Gasteiger partial charge in [-0.05, 0) is 55.3 Å². The average molecular weight is 442 g/mol. The van der Waals surface area contributed by atoms with Crippen LogP contribution in [0.25, 0.3) is 5.69 Å². The molecule has 4 aromatic rings. The summed E-state index contributed by atoms with van der Waals surface area (Å²) in [6, 6.07) is 25.2. The number of hydrogen-bond donors (Lipinski definition) is 0. The monoisotopic (exact) mass is 441 g/mol. The lowest BCUT2D eigenvalue weighted by atomic mass is 10.2. The normalized spacial score (nSPS) is 11.1. The van der Waals surface area contributed by atoms with Gasteiger partial charge in [0.2, 0.25) is 0 Å². The zero-order chi connectivity index (χ0) is 23.2. The minimum atomic E-state index is -0.162. The highest BCUT2D eigenvalue weighted by Crippen LogP contribution is 2.29. The molecule has 1 heterocycles. The third kappa shape index (κ3) is 4.90. The fraction of sp³-hybridized carbons (Fsp3) is 0.185. The molecule has 0 aliphatic carbocycles. The summed E-state index contributed by atoms with van der Waals surface area (Å²) in [5, 5.41) is 0. The van der Waals surface area contributed by atoms with Crippen LogP contribution in [-0.4, -0.2) is 22.2 Å². The van der Waals surface area contributed by atoms with Crippen molar-refractivity contribution < 1.29 is 9.47 Å². The van der Waals surface area contributed by atoms with Crippen LogP contribution in [0, 0.1) is 6.92 Å². The highest BCUT2D eigenvalue weighted by atomic mass is 16.5. The molecule has 1 aromatic heterocycles. The van der Waals surface area contributed by atoms with Gasteiger partial charge in [0.05, 0.1) is 18.0 Å². The molecule has 3 aromatic carbocycles. The van der Waals surface area contributed by atoms with Crippen LogP contribution in [0.3, 0.4) is 0 Å². The lowest BCUT2D eigenvalue weighted by Gasteiger charge is -2.12. The Kier molecular flexibility index (Phi) is 6.74. The molecular weight excluding hydrogens is 414 g/mol. The molecule has 0 bridgehead atoms. The quantitative estimate of drug-likeness (QED) is 0.353. The Bertz CT molecular complexity index is 1310. The Hall–Kier alpha value is -4.06. The van der Waals surface area contributed by atoms with E-state index in [9.17, 15) is 4.79 Å². The summed E-state index contributed by atoms with van der Waals surface area (Å²) in [6.45, 7) is 4.79. The van der Waals surface area contributed by atoms with Crippen molar-refractivity contribution in [2.24, 2.45) is 12.0 Å². The molecule has 33 heavy (non-hydrogen) atoms. The van der Waals surface area contributed by atoms with Gasteiger partial charge in [-0.15, -0.1) is 0 Å². The van der Waals surface area contributed by atoms with Crippen molar-refractivity contribution in [2.75, 3.05) is 6.61 Å². The van der Waals surface area contributed by atoms with Gasteiger partial charge in [0.15, 0.2) is 17.2 Å². The highest BCUT2D eigenvalue weighted by molar-refractivity contribution is 5.83. The lowest BCUT2D eigenvalue weighted by Crippen LogP contribution is -2.19. The average Bonchev–Trinajstić information content (AvgIpc) is 3.06. The van der Waals surface area contributed by atoms with Crippen LogP contribution in [0.15, 0.2) is 88.6 Å². The molecule has 0 saturated heterocycles. The molecule has 168 valence electrons. The minimum Gasteiger partial charge on any atom is -0.490 e. The topological polar surface area (TPSA) is 57.8 Å². The molecule has 0 saturated carbocycles. The third-order valence-corrected chi connectivity index (χ3v) is 5.37. The first-order valence-corrected chi connectivity index (χ1v) is 10.9. The molecule has 0 aliphatic heterocycles. The fourth-order valence-corrected chi connectivity index (χ4v) is 3.57. The fourth-order valence-electron chi connectivity index (χ4n) is 3.57. The maximum Gasteiger partial charge on any atom is 0.297 e. The van der Waals surface area contributed by atoms with E-state index in [4.69, 9.17) is 9.47 Å². The predicted molar refractivity (Wildman–Crippen MR) is 131 cm³/mol. The van der Waals surface area contributed by atoms with Crippen LogP contribution in [0.2, 0.25) is 0 Å². The molecule has 6 nitrogen and oxygen atoms in total. The first-order valence-electron chi connectivity index (χ1n) is 10.9. The van der Waals surface area contributed by atoms with Crippen molar-refractivity contribution in [3.63, 3.8) is 0 Å². The van der Waals surface area contributed by atoms with E-state index in [0.717, 1.165) is 22.5 Å². The maximum atomic E-state index is 13.1. The van der Waals surface area contributed by atoms with E-state index in [0.29, 0.717) is 30.4 Å². The molecule has 4 rings (SSSR count). The van der Waals surface area contributed by atoms with Gasteiger partial charge in [0.1, 0.15) is 6.61 Å². The number of ether oxygens (including phenoxy) is 2. The predicted octanol–water partition coefficient (Wildman–Crippen LogP) is 5.21. The summed E-state index contributed by atoms with van der Waals surface area (Å²) in [5.74, 6) is 1.31. The summed E-state index contributed by atoms with van der Waals surface area (Å²) >= 11 is 0. The molecule has 0 aliphatic rings. The van der Waals surface area contributed by atoms with E-state index in [1.54, 1.807) is 10.9 Å². The van der Waals surface area contributed by atoms with Gasteiger partial charge < -0.3 is 9.47 Å². The van der Waals surface area contributed by atoms with Crippen molar-refractivity contribution in [3.8, 4) is 17.2 Å². The molecule has 0 N–H and O–H groups in total. The van der Waals surface area contributed by atoms with E-state index in [1.165, 1.54) is 0 Å². The summed E-state index contributed by atoms with van der Waals surface area (Å²) < 4.78 is 15.2. The van der Waals surface area contributed by atoms with Gasteiger partial charge in [-0.1, -0.05) is 48.5 Å². The zero-order valence-electron chi connectivity index (χ0n) is 19.1. The van der Waals surface area contributed by atoms with Crippen molar-refractivity contribution in [3.05, 3.63) is 106 Å². The summed E-state index contributed by atoms with van der Waals surface area (Å²) in [6.07, 6.45) is 1.68. The molecule has 0 unspecified atom stereocenters. The van der Waals surface area contributed by atoms with Crippen LogP contribution in [0.5, 0.6) is 11.5 Å². The van der Waals surface area contributed by atoms with Crippen LogP contribution in [-0.2, 0) is 13.7 Å².